The number of carbonyl (C=O) groups is 1. The fourth-order valence-corrected chi connectivity index (χ4v) is 2.90. The lowest BCUT2D eigenvalue weighted by Gasteiger charge is -2.06. The van der Waals surface area contributed by atoms with Gasteiger partial charge in [0.15, 0.2) is 12.1 Å². The molecule has 20 heavy (non-hydrogen) atoms. The number of fused-ring (bicyclic) bond motifs is 1. The number of amides is 1. The third kappa shape index (κ3) is 2.25. The highest BCUT2D eigenvalue weighted by atomic mass is 32.2. The molecule has 2 aromatic rings. The molecule has 3 rings (SSSR count). The summed E-state index contributed by atoms with van der Waals surface area (Å²) in [5.41, 5.74) is 0.708. The van der Waals surface area contributed by atoms with Crippen molar-refractivity contribution in [3.8, 4) is 5.75 Å². The largest absolute Gasteiger partial charge is 0.493 e. The van der Waals surface area contributed by atoms with E-state index in [2.05, 4.69) is 9.40 Å². The summed E-state index contributed by atoms with van der Waals surface area (Å²) in [7, 11) is -3.94. The van der Waals surface area contributed by atoms with Crippen LogP contribution in [0.2, 0.25) is 0 Å². The fraction of sp³-hybridized carbons (Fsp3) is 0.167. The van der Waals surface area contributed by atoms with E-state index in [4.69, 9.17) is 4.74 Å². The minimum atomic E-state index is -3.94. The minimum Gasteiger partial charge on any atom is -0.493 e. The predicted molar refractivity (Wildman–Crippen MR) is 66.8 cm³/mol. The second kappa shape index (κ2) is 4.64. The highest BCUT2D eigenvalue weighted by Crippen LogP contribution is 2.27. The molecule has 8 heteroatoms. The first-order chi connectivity index (χ1) is 9.56. The van der Waals surface area contributed by atoms with Crippen LogP contribution in [0.1, 0.15) is 16.1 Å². The maximum absolute atomic E-state index is 12.1. The Bertz CT molecular complexity index is 752. The SMILES string of the molecule is O=C(NS(=O)(=O)c1ccc2c(c1)CCO2)c1cocn1. The standard InChI is InChI=1S/C12H10N2O5S/c15-12(10-6-18-7-13-10)14-20(16,17)9-1-2-11-8(5-9)3-4-19-11/h1-2,5-7H,3-4H2,(H,14,15). The van der Waals surface area contributed by atoms with Crippen LogP contribution in [0, 0.1) is 0 Å². The van der Waals surface area contributed by atoms with Gasteiger partial charge in [0, 0.05) is 6.42 Å². The van der Waals surface area contributed by atoms with Crippen molar-refractivity contribution >= 4 is 15.9 Å². The summed E-state index contributed by atoms with van der Waals surface area (Å²) >= 11 is 0. The van der Waals surface area contributed by atoms with Crippen molar-refractivity contribution in [2.24, 2.45) is 0 Å². The molecule has 0 saturated carbocycles. The van der Waals surface area contributed by atoms with Gasteiger partial charge in [-0.25, -0.2) is 18.1 Å². The number of nitrogens with one attached hydrogen (secondary N) is 1. The lowest BCUT2D eigenvalue weighted by Crippen LogP contribution is -2.30. The molecule has 0 spiro atoms. The van der Waals surface area contributed by atoms with Crippen molar-refractivity contribution in [1.29, 1.82) is 0 Å². The van der Waals surface area contributed by atoms with Gasteiger partial charge in [0.05, 0.1) is 11.5 Å². The van der Waals surface area contributed by atoms with Gasteiger partial charge in [0.25, 0.3) is 15.9 Å². The number of rotatable bonds is 3. The summed E-state index contributed by atoms with van der Waals surface area (Å²) in [4.78, 5) is 15.3. The Hall–Kier alpha value is -2.35. The molecular formula is C12H10N2O5S. The fourth-order valence-electron chi connectivity index (χ4n) is 1.89. The van der Waals surface area contributed by atoms with Crippen LogP contribution in [0.5, 0.6) is 5.75 Å². The smallest absolute Gasteiger partial charge is 0.286 e. The van der Waals surface area contributed by atoms with Crippen LogP contribution in [0.4, 0.5) is 0 Å². The van der Waals surface area contributed by atoms with E-state index in [1.54, 1.807) is 6.07 Å². The van der Waals surface area contributed by atoms with E-state index >= 15 is 0 Å². The van der Waals surface area contributed by atoms with Gasteiger partial charge in [-0.1, -0.05) is 0 Å². The Kier molecular flexibility index (Phi) is 2.94. The quantitative estimate of drug-likeness (QED) is 0.896. The van der Waals surface area contributed by atoms with Crippen LogP contribution >= 0.6 is 0 Å². The number of hydrogen-bond acceptors (Lipinski definition) is 6. The van der Waals surface area contributed by atoms with Crippen molar-refractivity contribution < 1.29 is 22.4 Å². The summed E-state index contributed by atoms with van der Waals surface area (Å²) in [5, 5.41) is 0. The first-order valence-electron chi connectivity index (χ1n) is 5.77. The van der Waals surface area contributed by atoms with Gasteiger partial charge in [-0.05, 0) is 23.8 Å². The molecule has 0 saturated heterocycles. The maximum atomic E-state index is 12.1. The Labute approximate surface area is 114 Å². The van der Waals surface area contributed by atoms with Gasteiger partial charge in [-0.3, -0.25) is 4.79 Å². The molecule has 0 bridgehead atoms. The molecule has 1 aliphatic heterocycles. The molecule has 2 heterocycles. The zero-order valence-corrected chi connectivity index (χ0v) is 11.0. The topological polar surface area (TPSA) is 98.5 Å². The first kappa shape index (κ1) is 12.7. The molecule has 7 nitrogen and oxygen atoms in total. The number of hydrogen-bond donors (Lipinski definition) is 1. The lowest BCUT2D eigenvalue weighted by molar-refractivity contribution is 0.0976. The molecule has 1 amide bonds. The van der Waals surface area contributed by atoms with Gasteiger partial charge in [0.1, 0.15) is 12.0 Å². The first-order valence-corrected chi connectivity index (χ1v) is 7.26. The number of sulfonamides is 1. The average Bonchev–Trinajstić information content (AvgIpc) is 3.08. The zero-order chi connectivity index (χ0) is 14.2. The molecular weight excluding hydrogens is 284 g/mol. The number of carbonyl (C=O) groups excluding carboxylic acids is 1. The van der Waals surface area contributed by atoms with Gasteiger partial charge >= 0.3 is 0 Å². The zero-order valence-electron chi connectivity index (χ0n) is 10.2. The average molecular weight is 294 g/mol. The number of nitrogens with zero attached hydrogens (tertiary/aromatic N) is 1. The van der Waals surface area contributed by atoms with E-state index in [0.29, 0.717) is 18.8 Å². The van der Waals surface area contributed by atoms with Crippen LogP contribution in [0.3, 0.4) is 0 Å². The third-order valence-electron chi connectivity index (χ3n) is 2.86. The van der Waals surface area contributed by atoms with E-state index in [0.717, 1.165) is 18.2 Å². The van der Waals surface area contributed by atoms with Crippen molar-refractivity contribution in [1.82, 2.24) is 9.71 Å². The molecule has 0 unspecified atom stereocenters. The van der Waals surface area contributed by atoms with Gasteiger partial charge in [-0.2, -0.15) is 0 Å². The van der Waals surface area contributed by atoms with Crippen molar-refractivity contribution in [2.75, 3.05) is 6.61 Å². The number of aromatic nitrogens is 1. The number of benzene rings is 1. The summed E-state index contributed by atoms with van der Waals surface area (Å²) in [5.74, 6) is -0.165. The summed E-state index contributed by atoms with van der Waals surface area (Å²) in [6.07, 6.45) is 2.77. The number of ether oxygens (including phenoxy) is 1. The monoisotopic (exact) mass is 294 g/mol. The Balaban J connectivity index is 1.87. The molecule has 104 valence electrons. The van der Waals surface area contributed by atoms with E-state index in [9.17, 15) is 13.2 Å². The summed E-state index contributed by atoms with van der Waals surface area (Å²) in [6.45, 7) is 0.532. The van der Waals surface area contributed by atoms with E-state index in [1.807, 2.05) is 4.72 Å². The number of oxazole rings is 1. The van der Waals surface area contributed by atoms with E-state index in [1.165, 1.54) is 12.1 Å². The summed E-state index contributed by atoms with van der Waals surface area (Å²) < 4.78 is 36.1. The van der Waals surface area contributed by atoms with Crippen LogP contribution in [-0.4, -0.2) is 25.9 Å². The maximum Gasteiger partial charge on any atom is 0.286 e. The molecule has 1 aromatic heterocycles. The highest BCUT2D eigenvalue weighted by Gasteiger charge is 2.22. The molecule has 1 N–H and O–H groups in total. The van der Waals surface area contributed by atoms with Crippen LogP contribution < -0.4 is 9.46 Å². The normalized spacial score (nSPS) is 13.6. The van der Waals surface area contributed by atoms with Crippen molar-refractivity contribution in [3.63, 3.8) is 0 Å². The van der Waals surface area contributed by atoms with E-state index < -0.39 is 15.9 Å². The van der Waals surface area contributed by atoms with Crippen molar-refractivity contribution in [3.05, 3.63) is 42.1 Å². The lowest BCUT2D eigenvalue weighted by atomic mass is 10.2. The Morgan fingerprint density at radius 2 is 2.20 bits per heavy atom. The minimum absolute atomic E-state index is 0.0126. The Morgan fingerprint density at radius 3 is 2.95 bits per heavy atom. The molecule has 1 aromatic carbocycles. The van der Waals surface area contributed by atoms with Gasteiger partial charge < -0.3 is 9.15 Å². The molecule has 0 atom stereocenters. The Morgan fingerprint density at radius 1 is 1.35 bits per heavy atom. The summed E-state index contributed by atoms with van der Waals surface area (Å²) in [6, 6.07) is 4.47. The molecule has 0 radical (unpaired) electrons. The van der Waals surface area contributed by atoms with Gasteiger partial charge in [0.2, 0.25) is 0 Å². The van der Waals surface area contributed by atoms with E-state index in [-0.39, 0.29) is 10.6 Å². The van der Waals surface area contributed by atoms with Crippen molar-refractivity contribution in [2.45, 2.75) is 11.3 Å². The third-order valence-corrected chi connectivity index (χ3v) is 4.19. The second-order valence-corrected chi connectivity index (χ2v) is 5.86. The van der Waals surface area contributed by atoms with Crippen LogP contribution in [0.15, 0.2) is 40.2 Å². The molecule has 1 aliphatic rings. The van der Waals surface area contributed by atoms with Crippen LogP contribution in [0.25, 0.3) is 0 Å². The molecule has 0 aliphatic carbocycles. The molecule has 0 fully saturated rings. The van der Waals surface area contributed by atoms with Crippen LogP contribution in [-0.2, 0) is 16.4 Å². The van der Waals surface area contributed by atoms with Gasteiger partial charge in [-0.15, -0.1) is 0 Å². The predicted octanol–water partition coefficient (Wildman–Crippen LogP) is 0.728. The second-order valence-electron chi connectivity index (χ2n) is 4.18. The highest BCUT2D eigenvalue weighted by molar-refractivity contribution is 7.90.